The molecule has 0 aromatic heterocycles. The molecule has 2 aliphatic heterocycles. The molecule has 0 N–H and O–H groups in total. The molecule has 1 fully saturated rings. The number of rotatable bonds is 2. The van der Waals surface area contributed by atoms with Crippen molar-refractivity contribution in [3.05, 3.63) is 29.3 Å². The highest BCUT2D eigenvalue weighted by Crippen LogP contribution is 2.37. The lowest BCUT2D eigenvalue weighted by Gasteiger charge is -2.27. The van der Waals surface area contributed by atoms with Gasteiger partial charge in [0, 0.05) is 12.5 Å². The molecule has 3 heteroatoms. The fraction of sp³-hybridized carbons (Fsp3) is 0.600. The summed E-state index contributed by atoms with van der Waals surface area (Å²) < 4.78 is 11.2. The molecule has 1 aromatic rings. The Morgan fingerprint density at radius 3 is 3.00 bits per heavy atom. The van der Waals surface area contributed by atoms with E-state index in [2.05, 4.69) is 18.2 Å². The number of hydrogen-bond donors (Lipinski definition) is 0. The second-order valence-corrected chi connectivity index (χ2v) is 5.67. The average Bonchev–Trinajstić information content (AvgIpc) is 2.47. The largest absolute Gasteiger partial charge is 0.493 e. The highest BCUT2D eigenvalue weighted by Gasteiger charge is 2.24. The maximum absolute atomic E-state index is 6.61. The van der Waals surface area contributed by atoms with Crippen LogP contribution in [0.1, 0.15) is 35.8 Å². The van der Waals surface area contributed by atoms with Gasteiger partial charge in [0.15, 0.2) is 0 Å². The summed E-state index contributed by atoms with van der Waals surface area (Å²) in [6.45, 7) is 2.52. The molecule has 2 nitrogen and oxygen atoms in total. The Balaban J connectivity index is 1.78. The van der Waals surface area contributed by atoms with E-state index in [1.54, 1.807) is 0 Å². The molecule has 0 spiro atoms. The van der Waals surface area contributed by atoms with Crippen LogP contribution in [0, 0.1) is 5.92 Å². The van der Waals surface area contributed by atoms with Gasteiger partial charge >= 0.3 is 0 Å². The second-order valence-electron chi connectivity index (χ2n) is 5.20. The maximum Gasteiger partial charge on any atom is 0.122 e. The number of aryl methyl sites for hydroxylation is 1. The summed E-state index contributed by atoms with van der Waals surface area (Å²) in [5.41, 5.74) is 2.53. The normalized spacial score (nSPS) is 25.1. The first kappa shape index (κ1) is 12.3. The van der Waals surface area contributed by atoms with Crippen molar-refractivity contribution in [3.8, 4) is 5.75 Å². The highest BCUT2D eigenvalue weighted by atomic mass is 35.5. The molecule has 2 aliphatic rings. The third kappa shape index (κ3) is 2.50. The lowest BCUT2D eigenvalue weighted by molar-refractivity contribution is 0.0531. The van der Waals surface area contributed by atoms with Crippen LogP contribution in [-0.2, 0) is 11.2 Å². The lowest BCUT2D eigenvalue weighted by Crippen LogP contribution is -2.21. The van der Waals surface area contributed by atoms with Crippen LogP contribution in [0.25, 0.3) is 0 Å². The van der Waals surface area contributed by atoms with E-state index in [1.807, 2.05) is 0 Å². The van der Waals surface area contributed by atoms with E-state index < -0.39 is 0 Å². The van der Waals surface area contributed by atoms with Crippen molar-refractivity contribution in [1.29, 1.82) is 0 Å². The van der Waals surface area contributed by atoms with E-state index >= 15 is 0 Å². The van der Waals surface area contributed by atoms with Crippen LogP contribution in [0.4, 0.5) is 0 Å². The fourth-order valence-corrected chi connectivity index (χ4v) is 3.15. The Morgan fingerprint density at radius 2 is 2.17 bits per heavy atom. The first-order valence-electron chi connectivity index (χ1n) is 6.82. The molecule has 2 atom stereocenters. The molecule has 0 saturated carbocycles. The predicted molar refractivity (Wildman–Crippen MR) is 72.4 cm³/mol. The molecule has 18 heavy (non-hydrogen) atoms. The zero-order chi connectivity index (χ0) is 12.4. The number of hydrogen-bond acceptors (Lipinski definition) is 2. The zero-order valence-corrected chi connectivity index (χ0v) is 11.3. The van der Waals surface area contributed by atoms with Crippen molar-refractivity contribution in [2.75, 3.05) is 19.8 Å². The van der Waals surface area contributed by atoms with E-state index in [-0.39, 0.29) is 5.38 Å². The standard InChI is InChI=1S/C15H19ClO2/c16-15(13-4-1-7-17-10-13)12-5-6-14-11(9-12)3-2-8-18-14/h5-6,9,13,15H,1-4,7-8,10H2. The summed E-state index contributed by atoms with van der Waals surface area (Å²) >= 11 is 6.61. The Kier molecular flexibility index (Phi) is 3.76. The van der Waals surface area contributed by atoms with Gasteiger partial charge in [-0.1, -0.05) is 12.1 Å². The minimum absolute atomic E-state index is 0.0672. The van der Waals surface area contributed by atoms with Gasteiger partial charge in [-0.05, 0) is 42.9 Å². The maximum atomic E-state index is 6.61. The smallest absolute Gasteiger partial charge is 0.122 e. The van der Waals surface area contributed by atoms with Crippen LogP contribution in [0.5, 0.6) is 5.75 Å². The summed E-state index contributed by atoms with van der Waals surface area (Å²) in [6, 6.07) is 6.40. The first-order chi connectivity index (χ1) is 8.84. The first-order valence-corrected chi connectivity index (χ1v) is 7.25. The van der Waals surface area contributed by atoms with Crippen LogP contribution in [0.3, 0.4) is 0 Å². The van der Waals surface area contributed by atoms with Crippen LogP contribution in [0.15, 0.2) is 18.2 Å². The van der Waals surface area contributed by atoms with Gasteiger partial charge in [-0.15, -0.1) is 11.6 Å². The highest BCUT2D eigenvalue weighted by molar-refractivity contribution is 6.21. The van der Waals surface area contributed by atoms with Crippen molar-refractivity contribution in [1.82, 2.24) is 0 Å². The monoisotopic (exact) mass is 266 g/mol. The average molecular weight is 267 g/mol. The molecule has 98 valence electrons. The van der Waals surface area contributed by atoms with Gasteiger partial charge in [-0.3, -0.25) is 0 Å². The van der Waals surface area contributed by atoms with Crippen molar-refractivity contribution in [2.45, 2.75) is 31.1 Å². The van der Waals surface area contributed by atoms with Crippen molar-refractivity contribution < 1.29 is 9.47 Å². The molecule has 3 rings (SSSR count). The molecule has 1 saturated heterocycles. The van der Waals surface area contributed by atoms with Crippen LogP contribution in [-0.4, -0.2) is 19.8 Å². The van der Waals surface area contributed by atoms with E-state index in [4.69, 9.17) is 21.1 Å². The minimum atomic E-state index is 0.0672. The number of fused-ring (bicyclic) bond motifs is 1. The Bertz CT molecular complexity index is 413. The predicted octanol–water partition coefficient (Wildman–Crippen LogP) is 3.72. The SMILES string of the molecule is ClC(c1ccc2c(c1)CCCO2)C1CCCOC1. The molecule has 2 unspecified atom stereocenters. The topological polar surface area (TPSA) is 18.5 Å². The Morgan fingerprint density at radius 1 is 1.22 bits per heavy atom. The Hall–Kier alpha value is -0.730. The number of ether oxygens (including phenoxy) is 2. The minimum Gasteiger partial charge on any atom is -0.493 e. The van der Waals surface area contributed by atoms with Gasteiger partial charge in [-0.2, -0.15) is 0 Å². The molecule has 0 radical (unpaired) electrons. The lowest BCUT2D eigenvalue weighted by atomic mass is 9.92. The summed E-state index contributed by atoms with van der Waals surface area (Å²) in [4.78, 5) is 0. The van der Waals surface area contributed by atoms with Gasteiger partial charge in [-0.25, -0.2) is 0 Å². The molecule has 1 aromatic carbocycles. The van der Waals surface area contributed by atoms with Crippen molar-refractivity contribution in [2.24, 2.45) is 5.92 Å². The van der Waals surface area contributed by atoms with E-state index in [0.29, 0.717) is 5.92 Å². The number of halogens is 1. The van der Waals surface area contributed by atoms with Crippen LogP contribution < -0.4 is 4.74 Å². The molecule has 0 amide bonds. The molecule has 2 heterocycles. The quantitative estimate of drug-likeness (QED) is 0.760. The van der Waals surface area contributed by atoms with Gasteiger partial charge in [0.25, 0.3) is 0 Å². The summed E-state index contributed by atoms with van der Waals surface area (Å²) in [6.07, 6.45) is 4.51. The number of benzene rings is 1. The molecule has 0 aliphatic carbocycles. The molecule has 0 bridgehead atoms. The third-order valence-corrected chi connectivity index (χ3v) is 4.47. The van der Waals surface area contributed by atoms with Gasteiger partial charge in [0.1, 0.15) is 5.75 Å². The summed E-state index contributed by atoms with van der Waals surface area (Å²) in [5.74, 6) is 1.48. The van der Waals surface area contributed by atoms with Gasteiger partial charge in [0.2, 0.25) is 0 Å². The number of alkyl halides is 1. The summed E-state index contributed by atoms with van der Waals surface area (Å²) in [5, 5.41) is 0.0672. The van der Waals surface area contributed by atoms with Crippen molar-refractivity contribution in [3.63, 3.8) is 0 Å². The summed E-state index contributed by atoms with van der Waals surface area (Å²) in [7, 11) is 0. The fourth-order valence-electron chi connectivity index (χ4n) is 2.82. The molecular formula is C15H19ClO2. The van der Waals surface area contributed by atoms with Gasteiger partial charge in [0.05, 0.1) is 18.6 Å². The second kappa shape index (κ2) is 5.50. The van der Waals surface area contributed by atoms with E-state index in [1.165, 1.54) is 17.5 Å². The zero-order valence-electron chi connectivity index (χ0n) is 10.5. The van der Waals surface area contributed by atoms with Crippen molar-refractivity contribution >= 4 is 11.6 Å². The van der Waals surface area contributed by atoms with Gasteiger partial charge < -0.3 is 9.47 Å². The van der Waals surface area contributed by atoms with E-state index in [9.17, 15) is 0 Å². The van der Waals surface area contributed by atoms with E-state index in [0.717, 1.165) is 44.8 Å². The Labute approximate surface area is 113 Å². The van der Waals surface area contributed by atoms with Crippen LogP contribution >= 0.6 is 11.6 Å². The molecular weight excluding hydrogens is 248 g/mol. The third-order valence-electron chi connectivity index (χ3n) is 3.86. The van der Waals surface area contributed by atoms with Crippen LogP contribution in [0.2, 0.25) is 0 Å².